The minimum absolute atomic E-state index is 0.0248. The molecule has 1 fully saturated rings. The number of fused-ring (bicyclic) bond motifs is 1. The van der Waals surface area contributed by atoms with E-state index in [1.807, 2.05) is 26.0 Å². The van der Waals surface area contributed by atoms with E-state index in [0.717, 1.165) is 36.2 Å². The van der Waals surface area contributed by atoms with Crippen molar-refractivity contribution in [3.05, 3.63) is 29.6 Å². The number of aromatic amines is 1. The highest BCUT2D eigenvalue weighted by Gasteiger charge is 2.30. The molecule has 3 heterocycles. The lowest BCUT2D eigenvalue weighted by Gasteiger charge is -2.19. The second kappa shape index (κ2) is 8.10. The summed E-state index contributed by atoms with van der Waals surface area (Å²) in [5.41, 5.74) is 2.80. The van der Waals surface area contributed by atoms with Crippen molar-refractivity contribution in [3.63, 3.8) is 0 Å². The van der Waals surface area contributed by atoms with Crippen LogP contribution in [-0.4, -0.2) is 39.3 Å². The highest BCUT2D eigenvalue weighted by atomic mass is 16.6. The second-order valence-electron chi connectivity index (χ2n) is 7.90. The van der Waals surface area contributed by atoms with Crippen LogP contribution in [-0.2, 0) is 16.0 Å². The number of amides is 2. The third kappa shape index (κ3) is 4.49. The number of carbonyl (C=O) groups is 2. The number of rotatable bonds is 5. The molecule has 2 amide bonds. The Labute approximate surface area is 169 Å². The molecular weight excluding hydrogens is 372 g/mol. The Balaban J connectivity index is 1.38. The zero-order chi connectivity index (χ0) is 20.4. The quantitative estimate of drug-likeness (QED) is 0.614. The van der Waals surface area contributed by atoms with Crippen LogP contribution >= 0.6 is 0 Å². The Morgan fingerprint density at radius 1 is 1.31 bits per heavy atom. The standard InChI is InChI=1S/C20H26N6O3/c1-11(2)22-20(28)29-13-4-3-12(9-13)16-10-17(26-25-16)24-19-14-5-6-18(27)23-15(14)7-8-21-19/h7-8,10-13H,3-6,9H2,1-2H3,(H,22,28)(H,23,27)(H2,21,24,25,26)/t12-,13+/m0/s1. The van der Waals surface area contributed by atoms with Gasteiger partial charge in [-0.3, -0.25) is 9.89 Å². The van der Waals surface area contributed by atoms with E-state index in [-0.39, 0.29) is 30.1 Å². The molecule has 1 saturated carbocycles. The number of nitrogens with one attached hydrogen (secondary N) is 4. The molecule has 29 heavy (non-hydrogen) atoms. The summed E-state index contributed by atoms with van der Waals surface area (Å²) in [6, 6.07) is 3.84. The van der Waals surface area contributed by atoms with Gasteiger partial charge in [-0.2, -0.15) is 5.10 Å². The third-order valence-electron chi connectivity index (χ3n) is 5.28. The van der Waals surface area contributed by atoms with Gasteiger partial charge >= 0.3 is 6.09 Å². The summed E-state index contributed by atoms with van der Waals surface area (Å²) in [6.07, 6.45) is 4.88. The van der Waals surface area contributed by atoms with Gasteiger partial charge in [0.25, 0.3) is 0 Å². The Hall–Kier alpha value is -3.10. The van der Waals surface area contributed by atoms with Crippen LogP contribution < -0.4 is 16.0 Å². The molecule has 1 aliphatic carbocycles. The number of hydrogen-bond acceptors (Lipinski definition) is 6. The first kappa shape index (κ1) is 19.2. The van der Waals surface area contributed by atoms with E-state index >= 15 is 0 Å². The minimum Gasteiger partial charge on any atom is -0.446 e. The minimum atomic E-state index is -0.357. The van der Waals surface area contributed by atoms with E-state index in [4.69, 9.17) is 4.74 Å². The largest absolute Gasteiger partial charge is 0.446 e. The van der Waals surface area contributed by atoms with Crippen LogP contribution in [0.4, 0.5) is 22.1 Å². The van der Waals surface area contributed by atoms with Gasteiger partial charge in [0.1, 0.15) is 11.9 Å². The van der Waals surface area contributed by atoms with Crippen molar-refractivity contribution in [2.24, 2.45) is 0 Å². The third-order valence-corrected chi connectivity index (χ3v) is 5.28. The van der Waals surface area contributed by atoms with Crippen LogP contribution in [0.3, 0.4) is 0 Å². The average Bonchev–Trinajstić information content (AvgIpc) is 3.30. The molecule has 2 atom stereocenters. The Bertz CT molecular complexity index is 909. The molecule has 9 nitrogen and oxygen atoms in total. The number of alkyl carbamates (subject to hydrolysis) is 1. The first-order chi connectivity index (χ1) is 14.0. The predicted octanol–water partition coefficient (Wildman–Crippen LogP) is 3.20. The maximum Gasteiger partial charge on any atom is 0.407 e. The predicted molar refractivity (Wildman–Crippen MR) is 108 cm³/mol. The van der Waals surface area contributed by atoms with Crippen LogP contribution in [0.1, 0.15) is 56.7 Å². The number of nitrogens with zero attached hydrogens (tertiary/aromatic N) is 2. The maximum absolute atomic E-state index is 11.8. The maximum atomic E-state index is 11.8. The lowest BCUT2D eigenvalue weighted by Crippen LogP contribution is -2.33. The van der Waals surface area contributed by atoms with Gasteiger partial charge in [-0.05, 0) is 45.6 Å². The molecule has 0 saturated heterocycles. The summed E-state index contributed by atoms with van der Waals surface area (Å²) in [4.78, 5) is 27.8. The number of anilines is 3. The van der Waals surface area contributed by atoms with Crippen LogP contribution in [0.15, 0.2) is 18.3 Å². The van der Waals surface area contributed by atoms with E-state index in [0.29, 0.717) is 24.5 Å². The van der Waals surface area contributed by atoms with Gasteiger partial charge in [-0.1, -0.05) is 0 Å². The molecule has 0 unspecified atom stereocenters. The number of aromatic nitrogens is 3. The van der Waals surface area contributed by atoms with E-state index in [1.54, 1.807) is 6.20 Å². The molecule has 0 aromatic carbocycles. The van der Waals surface area contributed by atoms with Gasteiger partial charge in [0, 0.05) is 47.6 Å². The van der Waals surface area contributed by atoms with E-state index in [9.17, 15) is 9.59 Å². The summed E-state index contributed by atoms with van der Waals surface area (Å²) in [6.45, 7) is 3.81. The molecule has 0 spiro atoms. The molecule has 9 heteroatoms. The molecule has 2 aromatic rings. The van der Waals surface area contributed by atoms with Crippen molar-refractivity contribution in [1.29, 1.82) is 0 Å². The van der Waals surface area contributed by atoms with Crippen LogP contribution in [0.2, 0.25) is 0 Å². The first-order valence-corrected chi connectivity index (χ1v) is 10.0. The van der Waals surface area contributed by atoms with Crippen molar-refractivity contribution in [2.75, 3.05) is 10.6 Å². The smallest absolute Gasteiger partial charge is 0.407 e. The monoisotopic (exact) mass is 398 g/mol. The molecule has 0 radical (unpaired) electrons. The summed E-state index contributed by atoms with van der Waals surface area (Å²) >= 11 is 0. The molecule has 154 valence electrons. The van der Waals surface area contributed by atoms with Gasteiger partial charge in [0.15, 0.2) is 5.82 Å². The zero-order valence-corrected chi connectivity index (χ0v) is 16.6. The number of H-pyrrole nitrogens is 1. The number of pyridine rings is 1. The Morgan fingerprint density at radius 2 is 2.17 bits per heavy atom. The molecule has 0 bridgehead atoms. The molecule has 2 aliphatic rings. The van der Waals surface area contributed by atoms with Crippen molar-refractivity contribution in [1.82, 2.24) is 20.5 Å². The van der Waals surface area contributed by atoms with Crippen molar-refractivity contribution >= 4 is 29.3 Å². The highest BCUT2D eigenvalue weighted by molar-refractivity contribution is 5.95. The fourth-order valence-corrected chi connectivity index (χ4v) is 3.90. The number of carbonyl (C=O) groups excluding carboxylic acids is 2. The van der Waals surface area contributed by atoms with Gasteiger partial charge in [0.05, 0.1) is 0 Å². The van der Waals surface area contributed by atoms with Gasteiger partial charge in [0.2, 0.25) is 5.91 Å². The molecule has 4 N–H and O–H groups in total. The summed E-state index contributed by atoms with van der Waals surface area (Å²) < 4.78 is 5.50. The molecule has 2 aromatic heterocycles. The van der Waals surface area contributed by atoms with Crippen molar-refractivity contribution in [3.8, 4) is 0 Å². The SMILES string of the molecule is CC(C)NC(=O)O[C@@H]1CC[C@H](c2cc(Nc3nccc4c3CCC(=O)N4)n[nH]2)C1. The van der Waals surface area contributed by atoms with E-state index < -0.39 is 0 Å². The Morgan fingerprint density at radius 3 is 3.00 bits per heavy atom. The zero-order valence-electron chi connectivity index (χ0n) is 16.6. The van der Waals surface area contributed by atoms with E-state index in [2.05, 4.69) is 31.1 Å². The van der Waals surface area contributed by atoms with E-state index in [1.165, 1.54) is 0 Å². The van der Waals surface area contributed by atoms with Crippen LogP contribution in [0.25, 0.3) is 0 Å². The number of hydrogen-bond donors (Lipinski definition) is 4. The first-order valence-electron chi connectivity index (χ1n) is 10.0. The van der Waals surface area contributed by atoms with Gasteiger partial charge in [-0.25, -0.2) is 9.78 Å². The van der Waals surface area contributed by atoms with Crippen LogP contribution in [0, 0.1) is 0 Å². The lowest BCUT2D eigenvalue weighted by molar-refractivity contribution is -0.116. The lowest BCUT2D eigenvalue weighted by atomic mass is 10.0. The fourth-order valence-electron chi connectivity index (χ4n) is 3.90. The normalized spacial score (nSPS) is 20.9. The van der Waals surface area contributed by atoms with Crippen molar-refractivity contribution < 1.29 is 14.3 Å². The van der Waals surface area contributed by atoms with Gasteiger partial charge in [-0.15, -0.1) is 0 Å². The summed E-state index contributed by atoms with van der Waals surface area (Å²) in [5, 5.41) is 16.3. The number of ether oxygens (including phenoxy) is 1. The molecular formula is C20H26N6O3. The summed E-state index contributed by atoms with van der Waals surface area (Å²) in [7, 11) is 0. The van der Waals surface area contributed by atoms with Crippen LogP contribution in [0.5, 0.6) is 0 Å². The average molecular weight is 398 g/mol. The van der Waals surface area contributed by atoms with Crippen molar-refractivity contribution in [2.45, 2.75) is 64.0 Å². The molecule has 1 aliphatic heterocycles. The second-order valence-corrected chi connectivity index (χ2v) is 7.90. The fraction of sp³-hybridized carbons (Fsp3) is 0.500. The highest BCUT2D eigenvalue weighted by Crippen LogP contribution is 2.36. The van der Waals surface area contributed by atoms with Gasteiger partial charge < -0.3 is 20.7 Å². The summed E-state index contributed by atoms with van der Waals surface area (Å²) in [5.74, 6) is 1.68. The molecule has 4 rings (SSSR count). The topological polar surface area (TPSA) is 121 Å². The Kier molecular flexibility index (Phi) is 5.37.